The lowest BCUT2D eigenvalue weighted by Crippen LogP contribution is -2.39. The molecule has 1 aliphatic heterocycles. The van der Waals surface area contributed by atoms with Crippen LogP contribution in [0.5, 0.6) is 5.75 Å². The number of ether oxygens (including phenoxy) is 2. The van der Waals surface area contributed by atoms with Crippen molar-refractivity contribution in [3.63, 3.8) is 0 Å². The maximum Gasteiger partial charge on any atom is 0.256 e. The summed E-state index contributed by atoms with van der Waals surface area (Å²) in [7, 11) is 9.06. The standard InChI is InChI=1S/C28H34N5O3P/c1-31-17-22(20-6-4-5-7-25(20)31)28(34)32-13-10-19(11-14-32)16-33-18-23-24(30-33)9-8-21(26(23)36-3)27(37)29-12-15-35-2/h4-9,17-19,29,37H,10-16H2,1-3H3. The minimum Gasteiger partial charge on any atom is -0.495 e. The molecule has 8 nitrogen and oxygen atoms in total. The van der Waals surface area contributed by atoms with Gasteiger partial charge in [0.05, 0.1) is 30.2 Å². The minimum absolute atomic E-state index is 0.123. The Hall–Kier alpha value is -3.19. The van der Waals surface area contributed by atoms with E-state index in [-0.39, 0.29) is 5.91 Å². The molecule has 5 rings (SSSR count). The average molecular weight is 520 g/mol. The average Bonchev–Trinajstić information content (AvgIpc) is 3.48. The van der Waals surface area contributed by atoms with Gasteiger partial charge in [-0.25, -0.2) is 0 Å². The number of methoxy groups -OCH3 is 2. The summed E-state index contributed by atoms with van der Waals surface area (Å²) in [5.74, 6) is 1.37. The van der Waals surface area contributed by atoms with Crippen LogP contribution < -0.4 is 10.1 Å². The molecular formula is C28H34N5O3P. The van der Waals surface area contributed by atoms with Gasteiger partial charge in [-0.3, -0.25) is 14.8 Å². The lowest BCUT2D eigenvalue weighted by Gasteiger charge is -2.32. The van der Waals surface area contributed by atoms with Crippen LogP contribution in [0.25, 0.3) is 21.8 Å². The van der Waals surface area contributed by atoms with Crippen molar-refractivity contribution in [2.24, 2.45) is 13.0 Å². The van der Waals surface area contributed by atoms with Gasteiger partial charge in [-0.1, -0.05) is 18.2 Å². The quantitative estimate of drug-likeness (QED) is 0.268. The Bertz CT molecular complexity index is 1430. The molecule has 2 aromatic carbocycles. The summed E-state index contributed by atoms with van der Waals surface area (Å²) in [6.45, 7) is 3.64. The highest BCUT2D eigenvalue weighted by Gasteiger charge is 2.26. The third-order valence-corrected chi connectivity index (χ3v) is 7.69. The van der Waals surface area contributed by atoms with Gasteiger partial charge < -0.3 is 18.9 Å². The molecule has 37 heavy (non-hydrogen) atoms. The molecule has 9 heteroatoms. The summed E-state index contributed by atoms with van der Waals surface area (Å²) in [5, 5.41) is 10.1. The van der Waals surface area contributed by atoms with Crippen LogP contribution >= 0.6 is 8.86 Å². The molecule has 1 N–H and O–H groups in total. The van der Waals surface area contributed by atoms with Crippen molar-refractivity contribution in [1.82, 2.24) is 24.6 Å². The second-order valence-electron chi connectivity index (χ2n) is 9.63. The number of likely N-dealkylation sites (tertiary alicyclic amines) is 1. The van der Waals surface area contributed by atoms with Crippen LogP contribution in [0.4, 0.5) is 0 Å². The van der Waals surface area contributed by atoms with Gasteiger partial charge in [-0.2, -0.15) is 5.10 Å². The fourth-order valence-electron chi connectivity index (χ4n) is 5.27. The Balaban J connectivity index is 1.25. The van der Waals surface area contributed by atoms with Crippen LogP contribution in [0.3, 0.4) is 0 Å². The third-order valence-electron chi connectivity index (χ3n) is 7.24. The molecule has 1 amide bonds. The van der Waals surface area contributed by atoms with Gasteiger partial charge in [0, 0.05) is 74.6 Å². The summed E-state index contributed by atoms with van der Waals surface area (Å²) in [6, 6.07) is 12.1. The van der Waals surface area contributed by atoms with E-state index in [1.54, 1.807) is 14.2 Å². The lowest BCUT2D eigenvalue weighted by atomic mass is 9.96. The number of rotatable bonds is 9. The molecule has 1 fully saturated rings. The molecule has 3 heterocycles. The topological polar surface area (TPSA) is 73.5 Å². The molecule has 0 radical (unpaired) electrons. The number of piperidine rings is 1. The van der Waals surface area contributed by atoms with Crippen LogP contribution in [0, 0.1) is 5.92 Å². The van der Waals surface area contributed by atoms with Crippen LogP contribution in [-0.2, 0) is 18.3 Å². The summed E-state index contributed by atoms with van der Waals surface area (Å²) in [6.07, 6.45) is 5.94. The highest BCUT2D eigenvalue weighted by atomic mass is 31.0. The third kappa shape index (κ3) is 5.14. The van der Waals surface area contributed by atoms with E-state index < -0.39 is 0 Å². The molecule has 194 valence electrons. The predicted molar refractivity (Wildman–Crippen MR) is 150 cm³/mol. The van der Waals surface area contributed by atoms with Gasteiger partial charge in [-0.15, -0.1) is 8.86 Å². The SMILES string of the molecule is COCCNC(=P)c1ccc2nn(CC3CCN(C(=O)c4cn(C)c5ccccc45)CC3)cc2c1OC. The van der Waals surface area contributed by atoms with Gasteiger partial charge >= 0.3 is 0 Å². The van der Waals surface area contributed by atoms with Gasteiger partial charge in [0.25, 0.3) is 5.91 Å². The monoisotopic (exact) mass is 519 g/mol. The zero-order chi connectivity index (χ0) is 25.9. The van der Waals surface area contributed by atoms with Crippen molar-refractivity contribution < 1.29 is 14.3 Å². The summed E-state index contributed by atoms with van der Waals surface area (Å²) in [5.41, 5.74) is 4.58. The number of amides is 1. The smallest absolute Gasteiger partial charge is 0.256 e. The Labute approximate surface area is 219 Å². The molecule has 4 aromatic rings. The lowest BCUT2D eigenvalue weighted by molar-refractivity contribution is 0.0683. The van der Waals surface area contributed by atoms with Gasteiger partial charge in [-0.05, 0) is 37.0 Å². The highest BCUT2D eigenvalue weighted by molar-refractivity contribution is 7.22. The largest absolute Gasteiger partial charge is 0.495 e. The molecule has 0 unspecified atom stereocenters. The molecule has 0 atom stereocenters. The van der Waals surface area contributed by atoms with Crippen molar-refractivity contribution in [2.75, 3.05) is 40.5 Å². The molecule has 1 aliphatic rings. The summed E-state index contributed by atoms with van der Waals surface area (Å²) >= 11 is 0. The number of aryl methyl sites for hydroxylation is 1. The fourth-order valence-corrected chi connectivity index (χ4v) is 5.59. The molecule has 0 bridgehead atoms. The molecule has 0 saturated carbocycles. The molecule has 0 spiro atoms. The van der Waals surface area contributed by atoms with Gasteiger partial charge in [0.15, 0.2) is 0 Å². The number of benzene rings is 2. The van der Waals surface area contributed by atoms with E-state index in [0.717, 1.165) is 76.6 Å². The Kier molecular flexibility index (Phi) is 7.60. The molecule has 1 saturated heterocycles. The number of hydrogen-bond donors (Lipinski definition) is 1. The Morgan fingerprint density at radius 3 is 2.62 bits per heavy atom. The van der Waals surface area contributed by atoms with Gasteiger partial charge in [0.1, 0.15) is 5.75 Å². The number of aromatic nitrogens is 3. The van der Waals surface area contributed by atoms with Crippen LogP contribution in [-0.4, -0.2) is 71.0 Å². The second kappa shape index (κ2) is 11.1. The Morgan fingerprint density at radius 1 is 1.08 bits per heavy atom. The first-order chi connectivity index (χ1) is 18.0. The number of nitrogens with one attached hydrogen (secondary N) is 1. The fraction of sp³-hybridized carbons (Fsp3) is 0.393. The number of nitrogens with zero attached hydrogens (tertiary/aromatic N) is 4. The van der Waals surface area contributed by atoms with Crippen molar-refractivity contribution in [3.8, 4) is 5.75 Å². The number of carbonyl (C=O) groups excluding carboxylic acids is 1. The van der Waals surface area contributed by atoms with Gasteiger partial charge in [0.2, 0.25) is 0 Å². The van der Waals surface area contributed by atoms with E-state index >= 15 is 0 Å². The summed E-state index contributed by atoms with van der Waals surface area (Å²) < 4.78 is 15.0. The van der Waals surface area contributed by atoms with E-state index in [2.05, 4.69) is 26.4 Å². The minimum atomic E-state index is 0.123. The van der Waals surface area contributed by atoms with Crippen molar-refractivity contribution >= 4 is 42.0 Å². The zero-order valence-corrected chi connectivity index (χ0v) is 22.7. The van der Waals surface area contributed by atoms with Crippen LogP contribution in [0.2, 0.25) is 0 Å². The van der Waals surface area contributed by atoms with Crippen LogP contribution in [0.1, 0.15) is 28.8 Å². The second-order valence-corrected chi connectivity index (χ2v) is 10.1. The van der Waals surface area contributed by atoms with E-state index in [9.17, 15) is 4.79 Å². The van der Waals surface area contributed by atoms with Crippen molar-refractivity contribution in [3.05, 3.63) is 59.9 Å². The maximum atomic E-state index is 13.3. The number of para-hydroxylation sites is 1. The number of carbonyl (C=O) groups is 1. The highest BCUT2D eigenvalue weighted by Crippen LogP contribution is 2.31. The first kappa shape index (κ1) is 25.5. The van der Waals surface area contributed by atoms with E-state index in [0.29, 0.717) is 19.1 Å². The van der Waals surface area contributed by atoms with Crippen molar-refractivity contribution in [1.29, 1.82) is 0 Å². The maximum absolute atomic E-state index is 13.3. The van der Waals surface area contributed by atoms with E-state index in [1.165, 1.54) is 0 Å². The summed E-state index contributed by atoms with van der Waals surface area (Å²) in [4.78, 5) is 15.3. The number of fused-ring (bicyclic) bond motifs is 2. The molecule has 0 aliphatic carbocycles. The predicted octanol–water partition coefficient (Wildman–Crippen LogP) is 3.95. The molecule has 2 aromatic heterocycles. The Morgan fingerprint density at radius 2 is 1.86 bits per heavy atom. The van der Waals surface area contributed by atoms with E-state index in [4.69, 9.17) is 14.6 Å². The number of hydrogen-bond acceptors (Lipinski definition) is 4. The molecular weight excluding hydrogens is 485 g/mol. The normalized spacial score (nSPS) is 14.5. The van der Waals surface area contributed by atoms with Crippen LogP contribution in [0.15, 0.2) is 48.8 Å². The zero-order valence-electron chi connectivity index (χ0n) is 21.7. The van der Waals surface area contributed by atoms with Crippen molar-refractivity contribution in [2.45, 2.75) is 19.4 Å². The van der Waals surface area contributed by atoms with E-state index in [1.807, 2.05) is 57.7 Å². The first-order valence-electron chi connectivity index (χ1n) is 12.7. The first-order valence-corrected chi connectivity index (χ1v) is 13.2.